The Hall–Kier alpha value is -6.26. The van der Waals surface area contributed by atoms with Crippen molar-refractivity contribution in [3.05, 3.63) is 80.6 Å². The number of benzene rings is 2. The third kappa shape index (κ3) is 18.9. The minimum absolute atomic E-state index is 0.0579. The maximum absolute atomic E-state index is 13.3. The van der Waals surface area contributed by atoms with Gasteiger partial charge in [-0.3, -0.25) is 28.8 Å². The summed E-state index contributed by atoms with van der Waals surface area (Å²) >= 11 is 1.85. The van der Waals surface area contributed by atoms with Gasteiger partial charge in [-0.15, -0.1) is 0 Å². The second kappa shape index (κ2) is 32.3. The van der Waals surface area contributed by atoms with Gasteiger partial charge < -0.3 is 81.9 Å². The summed E-state index contributed by atoms with van der Waals surface area (Å²) in [6.45, 7) is -0.275. The summed E-state index contributed by atoms with van der Waals surface area (Å²) in [5.74, 6) is -5.31. The molecule has 0 bridgehead atoms. The van der Waals surface area contributed by atoms with Crippen LogP contribution in [0.15, 0.2) is 64.2 Å². The lowest BCUT2D eigenvalue weighted by molar-refractivity contribution is -0.310. The predicted molar refractivity (Wildman–Crippen MR) is 293 cm³/mol. The van der Waals surface area contributed by atoms with Crippen molar-refractivity contribution in [2.24, 2.45) is 0 Å². The molecule has 3 heterocycles. The van der Waals surface area contributed by atoms with Crippen LogP contribution in [0.1, 0.15) is 69.8 Å². The quantitative estimate of drug-likeness (QED) is 0.0208. The van der Waals surface area contributed by atoms with E-state index >= 15 is 0 Å². The summed E-state index contributed by atoms with van der Waals surface area (Å²) in [4.78, 5) is 98.0. The van der Waals surface area contributed by atoms with E-state index in [2.05, 4.69) is 42.5 Å². The van der Waals surface area contributed by atoms with Crippen LogP contribution < -0.4 is 53.4 Å². The van der Waals surface area contributed by atoms with Gasteiger partial charge in [0.1, 0.15) is 23.6 Å². The molecule has 3 aliphatic rings. The Kier molecular flexibility index (Phi) is 25.4. The van der Waals surface area contributed by atoms with Crippen LogP contribution >= 0.6 is 11.8 Å². The highest BCUT2D eigenvalue weighted by Crippen LogP contribution is 2.35. The first-order valence-electron chi connectivity index (χ1n) is 27.1. The fourth-order valence-corrected chi connectivity index (χ4v) is 11.1. The fourth-order valence-electron chi connectivity index (χ4n) is 9.54. The number of carbonyl (C=O) groups is 6. The Bertz CT molecular complexity index is 2560. The first-order chi connectivity index (χ1) is 38.6. The average molecular weight is 1140 g/mol. The van der Waals surface area contributed by atoms with Crippen LogP contribution in [0.4, 0.5) is 20.6 Å². The number of aliphatic hydroxyl groups excluding tert-OH is 3. The monoisotopic (exact) mass is 1140 g/mol. The predicted octanol–water partition coefficient (Wildman–Crippen LogP) is 0.198. The lowest BCUT2D eigenvalue weighted by Gasteiger charge is -2.46. The molecule has 0 unspecified atom stereocenters. The molecule has 0 aliphatic carbocycles. The molecule has 3 aromatic rings. The van der Waals surface area contributed by atoms with Gasteiger partial charge in [-0.25, -0.2) is 14.0 Å². The number of amides is 6. The largest absolute Gasteiger partial charge is 0.477 e. The Balaban J connectivity index is 0.796. The van der Waals surface area contributed by atoms with Crippen LogP contribution in [-0.2, 0) is 49.3 Å². The molecule has 6 rings (SSSR count). The summed E-state index contributed by atoms with van der Waals surface area (Å²) in [6.07, 6.45) is -3.15. The smallest absolute Gasteiger partial charge is 0.364 e. The van der Waals surface area contributed by atoms with E-state index in [0.29, 0.717) is 56.0 Å². The van der Waals surface area contributed by atoms with Gasteiger partial charge in [0.05, 0.1) is 69.8 Å². The molecule has 0 spiro atoms. The van der Waals surface area contributed by atoms with Gasteiger partial charge in [0.25, 0.3) is 22.6 Å². The number of hydrogen-bond acceptors (Lipinski definition) is 18. The number of halogens is 1. The molecule has 3 aliphatic heterocycles. The zero-order chi connectivity index (χ0) is 57.4. The molecule has 0 saturated carbocycles. The molecule has 3 fully saturated rings. The van der Waals surface area contributed by atoms with Gasteiger partial charge >= 0.3 is 12.0 Å². The van der Waals surface area contributed by atoms with E-state index < -0.39 is 84.5 Å². The number of nitrogens with one attached hydrogen (secondary N) is 8. The Morgan fingerprint density at radius 1 is 0.725 bits per heavy atom. The van der Waals surface area contributed by atoms with Gasteiger partial charge in [0.15, 0.2) is 6.67 Å². The lowest BCUT2D eigenvalue weighted by Crippen LogP contribution is -2.68. The number of hydrogen-bond donors (Lipinski definition) is 12. The molecule has 6 amide bonds. The van der Waals surface area contributed by atoms with Crippen molar-refractivity contribution >= 4 is 58.8 Å². The second-order valence-corrected chi connectivity index (χ2v) is 21.1. The maximum atomic E-state index is 13.3. The number of fused-ring (bicyclic) bond motifs is 1. The maximum Gasteiger partial charge on any atom is 0.364 e. The minimum atomic E-state index is -2.55. The molecule has 440 valence electrons. The standard InChI is InChI=1S/C54H75FN8O16S/c55-30-43(69)62-45-37(64)29-54(52(73)74,79-51(45)48(70)38(65)31-60-42(68)28-33-14-16-35(17-15-33)34-10-4-3-5-11-34)78-23-9-2-1-8-19-58-46-47(50(72)49(46)71)59-22-27-77-26-21-57-41(67)18-24-76-25-20-56-40(66)13-7-6-12-39-44-36(32-80-39)61-53(75)63-44/h3-5,10-11,14-17,36-39,44-45,48,51,58-59,64-65,70H,1-2,6-9,12-13,18-32H2,(H,56,66)(H,57,67)(H,60,68)(H,62,69)(H,73,74)(H2,61,63,75)/t36-,37+,38-,39-,44-,45-,48-,51-,54-/m1/s1. The van der Waals surface area contributed by atoms with E-state index in [9.17, 15) is 63.2 Å². The summed E-state index contributed by atoms with van der Waals surface area (Å²) in [5.41, 5.74) is 1.55. The topological polar surface area (TPSA) is 351 Å². The van der Waals surface area contributed by atoms with Crippen molar-refractivity contribution in [2.45, 2.75) is 124 Å². The molecular weight excluding hydrogens is 1070 g/mol. The van der Waals surface area contributed by atoms with E-state index in [4.69, 9.17) is 18.9 Å². The molecular formula is C54H75FN8O16S. The van der Waals surface area contributed by atoms with Crippen LogP contribution in [0, 0.1) is 0 Å². The number of ether oxygens (including phenoxy) is 4. The van der Waals surface area contributed by atoms with Crippen molar-refractivity contribution < 1.29 is 72.5 Å². The third-order valence-corrected chi connectivity index (χ3v) is 15.4. The zero-order valence-electron chi connectivity index (χ0n) is 44.6. The van der Waals surface area contributed by atoms with Crippen molar-refractivity contribution in [3.8, 4) is 11.1 Å². The van der Waals surface area contributed by atoms with Crippen molar-refractivity contribution in [1.29, 1.82) is 0 Å². The first kappa shape index (κ1) is 62.9. The molecule has 12 N–H and O–H groups in total. The Labute approximate surface area is 466 Å². The number of aliphatic carboxylic acids is 1. The molecule has 3 saturated heterocycles. The van der Waals surface area contributed by atoms with Gasteiger partial charge in [-0.05, 0) is 42.4 Å². The van der Waals surface area contributed by atoms with Crippen molar-refractivity contribution in [1.82, 2.24) is 31.9 Å². The number of aliphatic hydroxyl groups is 3. The highest BCUT2D eigenvalue weighted by atomic mass is 32.2. The molecule has 9 atom stereocenters. The molecule has 0 aromatic heterocycles. The number of urea groups is 1. The highest BCUT2D eigenvalue weighted by molar-refractivity contribution is 8.00. The minimum Gasteiger partial charge on any atom is -0.477 e. The van der Waals surface area contributed by atoms with Crippen LogP contribution in [0.2, 0.25) is 0 Å². The van der Waals surface area contributed by atoms with Crippen LogP contribution in [-0.4, -0.2) is 188 Å². The SMILES string of the molecule is O=C(CCCC[C@H]1SC[C@H]2NC(=O)N[C@H]21)NCCOCCC(=O)NCCOCCNc1c(NCCCCCCO[C@]2(C(=O)O)C[C@H](O)[C@@H](NC(=O)CF)[C@H]([C@H](O)[C@H](O)CNC(=O)Cc3ccc(-c4ccccc4)cc3)O2)c(=O)c1=O. The van der Waals surface area contributed by atoms with Gasteiger partial charge in [-0.1, -0.05) is 73.9 Å². The number of thioether (sulfide) groups is 1. The molecule has 0 radical (unpaired) electrons. The average Bonchev–Trinajstić information content (AvgIpc) is 4.14. The van der Waals surface area contributed by atoms with E-state index in [1.54, 1.807) is 12.1 Å². The second-order valence-electron chi connectivity index (χ2n) is 19.8. The van der Waals surface area contributed by atoms with Gasteiger partial charge in [-0.2, -0.15) is 11.8 Å². The highest BCUT2D eigenvalue weighted by Gasteiger charge is 2.56. The molecule has 80 heavy (non-hydrogen) atoms. The molecule has 24 nitrogen and oxygen atoms in total. The summed E-state index contributed by atoms with van der Waals surface area (Å²) in [6, 6.07) is 15.6. The van der Waals surface area contributed by atoms with E-state index in [1.807, 2.05) is 54.2 Å². The number of alkyl halides is 1. The number of unbranched alkanes of at least 4 members (excludes halogenated alkanes) is 4. The zero-order valence-corrected chi connectivity index (χ0v) is 45.4. The molecule has 26 heteroatoms. The summed E-state index contributed by atoms with van der Waals surface area (Å²) in [5, 5.41) is 65.9. The van der Waals surface area contributed by atoms with Crippen LogP contribution in [0.5, 0.6) is 0 Å². The fraction of sp³-hybridized carbons (Fsp3) is 0.593. The third-order valence-electron chi connectivity index (χ3n) is 13.9. The number of anilines is 2. The Morgan fingerprint density at radius 2 is 1.38 bits per heavy atom. The number of carbonyl (C=O) groups excluding carboxylic acids is 5. The number of carboxylic acids is 1. The van der Waals surface area contributed by atoms with Gasteiger partial charge in [0.2, 0.25) is 17.7 Å². The molecule has 3 aromatic carbocycles. The normalized spacial score (nSPS) is 22.1. The van der Waals surface area contributed by atoms with Crippen LogP contribution in [0.25, 0.3) is 11.1 Å². The van der Waals surface area contributed by atoms with Gasteiger partial charge in [0, 0.05) is 63.0 Å². The Morgan fingerprint density at radius 3 is 2.08 bits per heavy atom. The van der Waals surface area contributed by atoms with Crippen LogP contribution in [0.3, 0.4) is 0 Å². The number of carboxylic acid groups (broad SMARTS) is 1. The summed E-state index contributed by atoms with van der Waals surface area (Å²) in [7, 11) is 0. The van der Waals surface area contributed by atoms with E-state index in [-0.39, 0.29) is 100 Å². The van der Waals surface area contributed by atoms with Crippen molar-refractivity contribution in [3.63, 3.8) is 0 Å². The number of rotatable bonds is 37. The lowest BCUT2D eigenvalue weighted by atomic mass is 9.88. The van der Waals surface area contributed by atoms with Crippen molar-refractivity contribution in [2.75, 3.05) is 88.8 Å². The first-order valence-corrected chi connectivity index (χ1v) is 28.2. The summed E-state index contributed by atoms with van der Waals surface area (Å²) < 4.78 is 35.8. The van der Waals surface area contributed by atoms with E-state index in [1.165, 1.54) is 0 Å². The van der Waals surface area contributed by atoms with E-state index in [0.717, 1.165) is 36.1 Å².